The Morgan fingerprint density at radius 2 is 1.85 bits per heavy atom. The van der Waals surface area contributed by atoms with Crippen LogP contribution in [-0.2, 0) is 15.0 Å². The number of pyridine rings is 1. The van der Waals surface area contributed by atoms with Crippen LogP contribution < -0.4 is 4.90 Å². The monoisotopic (exact) mass is 546 g/mol. The SMILES string of the molecule is CC(C)N(CCN1CCC1)C(=O)C(c1cccnc1)N(C)c1ccc(C(C)(C)C)cc1.N#CN1CCCC1C=O. The number of likely N-dealkylation sites (tertiary alicyclic amines) is 2. The Balaban J connectivity index is 0.000000415. The van der Waals surface area contributed by atoms with Gasteiger partial charge in [0.2, 0.25) is 5.91 Å². The van der Waals surface area contributed by atoms with Crippen LogP contribution in [0.1, 0.15) is 71.0 Å². The maximum Gasteiger partial charge on any atom is 0.250 e. The molecule has 216 valence electrons. The van der Waals surface area contributed by atoms with Crippen LogP contribution in [0.4, 0.5) is 5.69 Å². The molecule has 1 amide bonds. The van der Waals surface area contributed by atoms with Crippen molar-refractivity contribution in [2.75, 3.05) is 44.7 Å². The van der Waals surface area contributed by atoms with Crippen LogP contribution in [0.15, 0.2) is 48.8 Å². The molecule has 1 aromatic carbocycles. The van der Waals surface area contributed by atoms with Gasteiger partial charge in [0.25, 0.3) is 0 Å². The highest BCUT2D eigenvalue weighted by atomic mass is 16.2. The Morgan fingerprint density at radius 3 is 2.33 bits per heavy atom. The zero-order valence-electron chi connectivity index (χ0n) is 25.1. The molecule has 2 aromatic rings. The van der Waals surface area contributed by atoms with Crippen LogP contribution in [0, 0.1) is 11.5 Å². The summed E-state index contributed by atoms with van der Waals surface area (Å²) in [6, 6.07) is 12.1. The van der Waals surface area contributed by atoms with Gasteiger partial charge in [-0.1, -0.05) is 39.0 Å². The molecule has 8 heteroatoms. The van der Waals surface area contributed by atoms with Gasteiger partial charge in [-0.15, -0.1) is 0 Å². The van der Waals surface area contributed by atoms with Gasteiger partial charge in [-0.2, -0.15) is 5.26 Å². The number of hydrogen-bond donors (Lipinski definition) is 0. The smallest absolute Gasteiger partial charge is 0.250 e. The van der Waals surface area contributed by atoms with Crippen LogP contribution >= 0.6 is 0 Å². The number of aromatic nitrogens is 1. The number of rotatable bonds is 9. The largest absolute Gasteiger partial charge is 0.359 e. The Labute approximate surface area is 240 Å². The third-order valence-electron chi connectivity index (χ3n) is 7.86. The third-order valence-corrected chi connectivity index (χ3v) is 7.86. The molecule has 2 aliphatic rings. The highest BCUT2D eigenvalue weighted by Crippen LogP contribution is 2.30. The maximum absolute atomic E-state index is 13.9. The van der Waals surface area contributed by atoms with Gasteiger partial charge >= 0.3 is 0 Å². The molecule has 0 bridgehead atoms. The highest BCUT2D eigenvalue weighted by molar-refractivity contribution is 5.87. The summed E-state index contributed by atoms with van der Waals surface area (Å²) in [5.41, 5.74) is 3.33. The molecule has 0 radical (unpaired) electrons. The highest BCUT2D eigenvalue weighted by Gasteiger charge is 2.32. The summed E-state index contributed by atoms with van der Waals surface area (Å²) in [5, 5.41) is 8.38. The van der Waals surface area contributed by atoms with Crippen molar-refractivity contribution in [3.8, 4) is 6.19 Å². The second kappa shape index (κ2) is 14.3. The second-order valence-electron chi connectivity index (χ2n) is 12.1. The van der Waals surface area contributed by atoms with Crippen molar-refractivity contribution >= 4 is 17.9 Å². The molecule has 4 rings (SSSR count). The molecule has 8 nitrogen and oxygen atoms in total. The van der Waals surface area contributed by atoms with E-state index in [2.05, 4.69) is 73.7 Å². The summed E-state index contributed by atoms with van der Waals surface area (Å²) >= 11 is 0. The molecule has 0 saturated carbocycles. The average molecular weight is 547 g/mol. The first kappa shape index (κ1) is 31.1. The number of carbonyl (C=O) groups is 2. The van der Waals surface area contributed by atoms with E-state index in [-0.39, 0.29) is 23.4 Å². The van der Waals surface area contributed by atoms with Crippen LogP contribution in [0.5, 0.6) is 0 Å². The average Bonchev–Trinajstić information content (AvgIpc) is 3.38. The number of hydrogen-bond acceptors (Lipinski definition) is 7. The summed E-state index contributed by atoms with van der Waals surface area (Å²) in [6.45, 7) is 15.6. The number of carbonyl (C=O) groups excluding carboxylic acids is 2. The minimum absolute atomic E-state index is 0.0982. The van der Waals surface area contributed by atoms with E-state index in [0.29, 0.717) is 0 Å². The number of amides is 1. The molecule has 2 unspecified atom stereocenters. The molecule has 1 aromatic heterocycles. The summed E-state index contributed by atoms with van der Waals surface area (Å²) in [4.78, 5) is 36.4. The van der Waals surface area contributed by atoms with Gasteiger partial charge in [-0.05, 0) is 75.4 Å². The first-order valence-corrected chi connectivity index (χ1v) is 14.4. The van der Waals surface area contributed by atoms with Crippen molar-refractivity contribution in [2.45, 2.75) is 77.4 Å². The number of anilines is 1. The summed E-state index contributed by atoms with van der Waals surface area (Å²) in [5.74, 6) is 0.130. The fourth-order valence-corrected chi connectivity index (χ4v) is 5.11. The molecule has 3 heterocycles. The van der Waals surface area contributed by atoms with Crippen molar-refractivity contribution < 1.29 is 9.59 Å². The fourth-order valence-electron chi connectivity index (χ4n) is 5.11. The predicted molar refractivity (Wildman–Crippen MR) is 160 cm³/mol. The van der Waals surface area contributed by atoms with Crippen LogP contribution in [-0.4, -0.2) is 83.7 Å². The van der Waals surface area contributed by atoms with Crippen LogP contribution in [0.2, 0.25) is 0 Å². The van der Waals surface area contributed by atoms with Gasteiger partial charge < -0.3 is 24.4 Å². The van der Waals surface area contributed by atoms with Crippen molar-refractivity contribution in [3.05, 3.63) is 59.9 Å². The van der Waals surface area contributed by atoms with Gasteiger partial charge in [-0.3, -0.25) is 9.78 Å². The van der Waals surface area contributed by atoms with E-state index in [0.717, 1.165) is 63.1 Å². The normalized spacial score (nSPS) is 17.8. The number of likely N-dealkylation sites (N-methyl/N-ethyl adjacent to an activating group) is 1. The van der Waals surface area contributed by atoms with Crippen LogP contribution in [0.3, 0.4) is 0 Å². The third kappa shape index (κ3) is 8.04. The Kier molecular flexibility index (Phi) is 11.1. The molecule has 40 heavy (non-hydrogen) atoms. The van der Waals surface area contributed by atoms with E-state index < -0.39 is 6.04 Å². The lowest BCUT2D eigenvalue weighted by Gasteiger charge is -2.38. The van der Waals surface area contributed by atoms with E-state index in [1.54, 1.807) is 6.20 Å². The first-order chi connectivity index (χ1) is 19.1. The van der Waals surface area contributed by atoms with E-state index in [4.69, 9.17) is 5.26 Å². The molecule has 2 aliphatic heterocycles. The summed E-state index contributed by atoms with van der Waals surface area (Å²) in [6.07, 6.45) is 9.46. The zero-order valence-corrected chi connectivity index (χ0v) is 25.1. The Morgan fingerprint density at radius 1 is 1.15 bits per heavy atom. The Bertz CT molecular complexity index is 1120. The molecule has 2 fully saturated rings. The summed E-state index contributed by atoms with van der Waals surface area (Å²) < 4.78 is 0. The van der Waals surface area contributed by atoms with E-state index in [9.17, 15) is 9.59 Å². The fraction of sp³-hybridized carbons (Fsp3) is 0.562. The van der Waals surface area contributed by atoms with Crippen molar-refractivity contribution in [1.29, 1.82) is 5.26 Å². The zero-order chi connectivity index (χ0) is 29.3. The molecular formula is C32H46N6O2. The topological polar surface area (TPSA) is 83.8 Å². The molecule has 0 N–H and O–H groups in total. The Hall–Kier alpha value is -3.44. The molecule has 2 saturated heterocycles. The first-order valence-electron chi connectivity index (χ1n) is 14.4. The molecular weight excluding hydrogens is 500 g/mol. The standard InChI is InChI=1S/C26H38N4O.C6H8N2O/c1-20(2)30(18-17-29-15-8-16-29)25(31)24(21-9-7-14-27-19-21)28(6)23-12-10-22(11-13-23)26(3,4)5;7-5-8-3-1-2-6(8)4-9/h7,9-14,19-20,24H,8,15-18H2,1-6H3;4,6H,1-3H2. The van der Waals surface area contributed by atoms with Crippen molar-refractivity contribution in [2.24, 2.45) is 0 Å². The predicted octanol–water partition coefficient (Wildman–Crippen LogP) is 4.63. The number of nitrogens with zero attached hydrogens (tertiary/aromatic N) is 6. The van der Waals surface area contributed by atoms with E-state index >= 15 is 0 Å². The second-order valence-corrected chi connectivity index (χ2v) is 12.1. The van der Waals surface area contributed by atoms with E-state index in [1.165, 1.54) is 16.9 Å². The quantitative estimate of drug-likeness (QED) is 0.335. The van der Waals surface area contributed by atoms with Gasteiger partial charge in [0.1, 0.15) is 12.3 Å². The maximum atomic E-state index is 13.9. The number of nitriles is 1. The molecule has 0 aliphatic carbocycles. The van der Waals surface area contributed by atoms with Crippen molar-refractivity contribution in [1.82, 2.24) is 19.7 Å². The molecule has 2 atom stereocenters. The van der Waals surface area contributed by atoms with Gasteiger partial charge in [-0.25, -0.2) is 0 Å². The molecule has 0 spiro atoms. The van der Waals surface area contributed by atoms with Gasteiger partial charge in [0.05, 0.1) is 6.04 Å². The number of benzene rings is 1. The lowest BCUT2D eigenvalue weighted by Crippen LogP contribution is -2.49. The lowest BCUT2D eigenvalue weighted by atomic mass is 9.87. The van der Waals surface area contributed by atoms with Crippen LogP contribution in [0.25, 0.3) is 0 Å². The number of aldehydes is 1. The lowest BCUT2D eigenvalue weighted by molar-refractivity contribution is -0.134. The summed E-state index contributed by atoms with van der Waals surface area (Å²) in [7, 11) is 2.01. The minimum Gasteiger partial charge on any atom is -0.359 e. The van der Waals surface area contributed by atoms with Gasteiger partial charge in [0.15, 0.2) is 6.19 Å². The van der Waals surface area contributed by atoms with Gasteiger partial charge in [0, 0.05) is 56.4 Å². The van der Waals surface area contributed by atoms with E-state index in [1.807, 2.05) is 36.5 Å². The minimum atomic E-state index is -0.409. The van der Waals surface area contributed by atoms with Crippen molar-refractivity contribution in [3.63, 3.8) is 0 Å².